The second kappa shape index (κ2) is 5.43. The molecule has 1 aromatic heterocycles. The van der Waals surface area contributed by atoms with Crippen molar-refractivity contribution < 1.29 is 9.59 Å². The number of aromatic nitrogens is 1. The van der Waals surface area contributed by atoms with Gasteiger partial charge in [-0.1, -0.05) is 6.07 Å². The van der Waals surface area contributed by atoms with Crippen LogP contribution in [0.5, 0.6) is 0 Å². The highest BCUT2D eigenvalue weighted by molar-refractivity contribution is 5.81. The molecule has 1 aromatic rings. The van der Waals surface area contributed by atoms with E-state index in [1.807, 2.05) is 18.2 Å². The molecule has 1 N–H and O–H groups in total. The zero-order chi connectivity index (χ0) is 12.1. The molecule has 5 nitrogen and oxygen atoms in total. The molecule has 2 heterocycles. The van der Waals surface area contributed by atoms with Crippen molar-refractivity contribution in [2.75, 3.05) is 19.6 Å². The smallest absolute Gasteiger partial charge is 0.228 e. The highest BCUT2D eigenvalue weighted by Gasteiger charge is 2.18. The van der Waals surface area contributed by atoms with Gasteiger partial charge >= 0.3 is 0 Å². The van der Waals surface area contributed by atoms with E-state index >= 15 is 0 Å². The first-order chi connectivity index (χ1) is 8.25. The molecule has 1 saturated heterocycles. The molecule has 17 heavy (non-hydrogen) atoms. The number of nitrogens with one attached hydrogen (secondary N) is 1. The number of hydrogen-bond donors (Lipinski definition) is 1. The minimum absolute atomic E-state index is 0.0122. The third-order valence-electron chi connectivity index (χ3n) is 2.72. The third-order valence-corrected chi connectivity index (χ3v) is 2.72. The maximum Gasteiger partial charge on any atom is 0.228 e. The topological polar surface area (TPSA) is 62.3 Å². The minimum Gasteiger partial charge on any atom is -0.354 e. The van der Waals surface area contributed by atoms with Crippen LogP contribution in [0, 0.1) is 0 Å². The number of pyridine rings is 1. The number of nitrogens with zero attached hydrogens (tertiary/aromatic N) is 2. The van der Waals surface area contributed by atoms with Crippen LogP contribution in [-0.4, -0.2) is 41.3 Å². The average Bonchev–Trinajstić information content (AvgIpc) is 2.55. The van der Waals surface area contributed by atoms with Crippen LogP contribution in [0.15, 0.2) is 24.4 Å². The Labute approximate surface area is 99.8 Å². The van der Waals surface area contributed by atoms with E-state index in [4.69, 9.17) is 0 Å². The molecule has 0 atom stereocenters. The fourth-order valence-electron chi connectivity index (χ4n) is 1.79. The molecule has 0 saturated carbocycles. The van der Waals surface area contributed by atoms with Crippen LogP contribution in [0.2, 0.25) is 0 Å². The molecule has 0 unspecified atom stereocenters. The van der Waals surface area contributed by atoms with E-state index in [1.165, 1.54) is 0 Å². The van der Waals surface area contributed by atoms with Crippen LogP contribution in [0.25, 0.3) is 0 Å². The Bertz CT molecular complexity index is 405. The zero-order valence-corrected chi connectivity index (χ0v) is 9.56. The lowest BCUT2D eigenvalue weighted by Crippen LogP contribution is -2.35. The molecular formula is C12H15N3O2. The fraction of sp³-hybridized carbons (Fsp3) is 0.417. The predicted octanol–water partition coefficient (Wildman–Crippen LogP) is -0.0274. The van der Waals surface area contributed by atoms with Crippen LogP contribution < -0.4 is 5.32 Å². The van der Waals surface area contributed by atoms with Gasteiger partial charge in [0.1, 0.15) is 0 Å². The van der Waals surface area contributed by atoms with Crippen molar-refractivity contribution in [3.63, 3.8) is 0 Å². The summed E-state index contributed by atoms with van der Waals surface area (Å²) in [7, 11) is 0. The lowest BCUT2D eigenvalue weighted by Gasteiger charge is -2.19. The van der Waals surface area contributed by atoms with Crippen molar-refractivity contribution >= 4 is 11.8 Å². The SMILES string of the molecule is O=C1CCN(C(=O)Cc2ccccn2)CCN1. The molecule has 1 fully saturated rings. The molecule has 90 valence electrons. The van der Waals surface area contributed by atoms with Gasteiger partial charge < -0.3 is 10.2 Å². The van der Waals surface area contributed by atoms with Crippen molar-refractivity contribution in [3.05, 3.63) is 30.1 Å². The van der Waals surface area contributed by atoms with Gasteiger partial charge in [-0.3, -0.25) is 14.6 Å². The number of amides is 2. The normalized spacial score (nSPS) is 16.2. The lowest BCUT2D eigenvalue weighted by molar-refractivity contribution is -0.130. The summed E-state index contributed by atoms with van der Waals surface area (Å²) in [5.74, 6) is 0.0401. The molecule has 0 bridgehead atoms. The second-order valence-electron chi connectivity index (χ2n) is 3.98. The van der Waals surface area contributed by atoms with E-state index in [0.29, 0.717) is 32.5 Å². The Morgan fingerprint density at radius 2 is 2.29 bits per heavy atom. The summed E-state index contributed by atoms with van der Waals surface area (Å²) >= 11 is 0. The Kier molecular flexibility index (Phi) is 3.69. The van der Waals surface area contributed by atoms with Crippen molar-refractivity contribution in [1.82, 2.24) is 15.2 Å². The highest BCUT2D eigenvalue weighted by Crippen LogP contribution is 2.02. The quantitative estimate of drug-likeness (QED) is 0.780. The summed E-state index contributed by atoms with van der Waals surface area (Å²) in [6.45, 7) is 1.61. The Morgan fingerprint density at radius 3 is 3.06 bits per heavy atom. The van der Waals surface area contributed by atoms with Gasteiger partial charge in [-0.25, -0.2) is 0 Å². The first-order valence-electron chi connectivity index (χ1n) is 5.70. The van der Waals surface area contributed by atoms with Crippen LogP contribution >= 0.6 is 0 Å². The number of carbonyl (C=O) groups is 2. The van der Waals surface area contributed by atoms with Crippen LogP contribution in [-0.2, 0) is 16.0 Å². The monoisotopic (exact) mass is 233 g/mol. The Hall–Kier alpha value is -1.91. The van der Waals surface area contributed by atoms with Gasteiger partial charge in [-0.15, -0.1) is 0 Å². The number of hydrogen-bond acceptors (Lipinski definition) is 3. The van der Waals surface area contributed by atoms with E-state index in [2.05, 4.69) is 10.3 Å². The summed E-state index contributed by atoms with van der Waals surface area (Å²) in [5, 5.41) is 2.74. The molecule has 0 radical (unpaired) electrons. The van der Waals surface area contributed by atoms with Crippen molar-refractivity contribution in [3.8, 4) is 0 Å². The van der Waals surface area contributed by atoms with Crippen LogP contribution in [0.3, 0.4) is 0 Å². The minimum atomic E-state index is 0.0122. The molecule has 0 aliphatic carbocycles. The number of carbonyl (C=O) groups excluding carboxylic acids is 2. The summed E-state index contributed by atoms with van der Waals surface area (Å²) in [6, 6.07) is 5.52. The highest BCUT2D eigenvalue weighted by atomic mass is 16.2. The van der Waals surface area contributed by atoms with Gasteiger partial charge in [-0.05, 0) is 12.1 Å². The van der Waals surface area contributed by atoms with Crippen LogP contribution in [0.4, 0.5) is 0 Å². The average molecular weight is 233 g/mol. The molecule has 2 amide bonds. The van der Waals surface area contributed by atoms with Crippen molar-refractivity contribution in [1.29, 1.82) is 0 Å². The van der Waals surface area contributed by atoms with E-state index < -0.39 is 0 Å². The summed E-state index contributed by atoms with van der Waals surface area (Å²) < 4.78 is 0. The fourth-order valence-corrected chi connectivity index (χ4v) is 1.79. The first kappa shape index (κ1) is 11.6. The molecule has 2 rings (SSSR count). The van der Waals surface area contributed by atoms with E-state index in [9.17, 15) is 9.59 Å². The van der Waals surface area contributed by atoms with E-state index in [0.717, 1.165) is 5.69 Å². The Morgan fingerprint density at radius 1 is 1.41 bits per heavy atom. The van der Waals surface area contributed by atoms with Crippen molar-refractivity contribution in [2.45, 2.75) is 12.8 Å². The zero-order valence-electron chi connectivity index (χ0n) is 9.56. The summed E-state index contributed by atoms with van der Waals surface area (Å²) in [5.41, 5.74) is 0.765. The summed E-state index contributed by atoms with van der Waals surface area (Å²) in [4.78, 5) is 29.0. The maximum absolute atomic E-state index is 12.0. The van der Waals surface area contributed by atoms with Gasteiger partial charge in [0.15, 0.2) is 0 Å². The molecule has 1 aliphatic rings. The maximum atomic E-state index is 12.0. The van der Waals surface area contributed by atoms with Gasteiger partial charge in [-0.2, -0.15) is 0 Å². The number of rotatable bonds is 2. The van der Waals surface area contributed by atoms with Crippen molar-refractivity contribution in [2.24, 2.45) is 0 Å². The summed E-state index contributed by atoms with van der Waals surface area (Å²) in [6.07, 6.45) is 2.36. The molecule has 0 aromatic carbocycles. The van der Waals surface area contributed by atoms with Gasteiger partial charge in [0.25, 0.3) is 0 Å². The predicted molar refractivity (Wildman–Crippen MR) is 62.1 cm³/mol. The first-order valence-corrected chi connectivity index (χ1v) is 5.70. The molecular weight excluding hydrogens is 218 g/mol. The molecule has 5 heteroatoms. The Balaban J connectivity index is 1.93. The molecule has 1 aliphatic heterocycles. The van der Waals surface area contributed by atoms with E-state index in [-0.39, 0.29) is 11.8 Å². The second-order valence-corrected chi connectivity index (χ2v) is 3.98. The van der Waals surface area contributed by atoms with E-state index in [1.54, 1.807) is 11.1 Å². The van der Waals surface area contributed by atoms with Gasteiger partial charge in [0, 0.05) is 37.9 Å². The largest absolute Gasteiger partial charge is 0.354 e. The standard InChI is InChI=1S/C12H15N3O2/c16-11-4-7-15(8-6-14-11)12(17)9-10-3-1-2-5-13-10/h1-3,5H,4,6-9H2,(H,14,16). The van der Waals surface area contributed by atoms with Gasteiger partial charge in [0.2, 0.25) is 11.8 Å². The third kappa shape index (κ3) is 3.27. The van der Waals surface area contributed by atoms with Crippen LogP contribution in [0.1, 0.15) is 12.1 Å². The lowest BCUT2D eigenvalue weighted by atomic mass is 10.2. The van der Waals surface area contributed by atoms with Gasteiger partial charge in [0.05, 0.1) is 6.42 Å². The molecule has 0 spiro atoms.